The normalized spacial score (nSPS) is 14.4. The minimum absolute atomic E-state index is 0.0164. The van der Waals surface area contributed by atoms with Crippen LogP contribution in [0.1, 0.15) is 38.1 Å². The predicted molar refractivity (Wildman–Crippen MR) is 92.8 cm³/mol. The van der Waals surface area contributed by atoms with Crippen LogP contribution >= 0.6 is 23.2 Å². The van der Waals surface area contributed by atoms with Crippen molar-refractivity contribution >= 4 is 40.8 Å². The topological polar surface area (TPSA) is 105 Å². The van der Waals surface area contributed by atoms with Crippen LogP contribution in [-0.4, -0.2) is 23.5 Å². The van der Waals surface area contributed by atoms with Gasteiger partial charge < -0.3 is 15.8 Å². The lowest BCUT2D eigenvalue weighted by Crippen LogP contribution is -2.52. The van der Waals surface area contributed by atoms with Gasteiger partial charge in [-0.25, -0.2) is 4.79 Å². The zero-order chi connectivity index (χ0) is 18.7. The van der Waals surface area contributed by atoms with E-state index in [4.69, 9.17) is 33.7 Å². The van der Waals surface area contributed by atoms with E-state index in [1.165, 1.54) is 19.1 Å². The summed E-state index contributed by atoms with van der Waals surface area (Å²) >= 11 is 11.7. The maximum atomic E-state index is 12.2. The van der Waals surface area contributed by atoms with Gasteiger partial charge in [0.15, 0.2) is 6.10 Å². The van der Waals surface area contributed by atoms with E-state index >= 15 is 0 Å². The molecule has 3 N–H and O–H groups in total. The number of hydrogen-bond donors (Lipinski definition) is 2. The molecule has 0 saturated carbocycles. The molecule has 0 saturated heterocycles. The summed E-state index contributed by atoms with van der Waals surface area (Å²) in [4.78, 5) is 24.4. The van der Waals surface area contributed by atoms with E-state index in [1.807, 2.05) is 6.07 Å². The van der Waals surface area contributed by atoms with Crippen molar-refractivity contribution in [1.29, 1.82) is 5.26 Å². The van der Waals surface area contributed by atoms with Gasteiger partial charge in [0, 0.05) is 5.02 Å². The lowest BCUT2D eigenvalue weighted by atomic mass is 9.90. The summed E-state index contributed by atoms with van der Waals surface area (Å²) in [5.74, 6) is -1.55. The largest absolute Gasteiger partial charge is 0.449 e. The van der Waals surface area contributed by atoms with Crippen LogP contribution in [0.15, 0.2) is 12.1 Å². The molecule has 0 aliphatic carbocycles. The highest BCUT2D eigenvalue weighted by atomic mass is 35.5. The van der Waals surface area contributed by atoms with Gasteiger partial charge >= 0.3 is 5.97 Å². The van der Waals surface area contributed by atoms with Gasteiger partial charge in [-0.3, -0.25) is 4.79 Å². The Hall–Kier alpha value is -1.97. The minimum Gasteiger partial charge on any atom is -0.449 e. The average Bonchev–Trinajstić information content (AvgIpc) is 2.50. The van der Waals surface area contributed by atoms with Crippen molar-refractivity contribution < 1.29 is 14.3 Å². The molecule has 6 nitrogen and oxygen atoms in total. The second-order valence-electron chi connectivity index (χ2n) is 5.85. The van der Waals surface area contributed by atoms with E-state index in [2.05, 4.69) is 5.32 Å². The maximum absolute atomic E-state index is 12.2. The van der Waals surface area contributed by atoms with E-state index in [0.717, 1.165) is 0 Å². The molecule has 0 bridgehead atoms. The average molecular weight is 372 g/mol. The van der Waals surface area contributed by atoms with Crippen LogP contribution in [0, 0.1) is 17.2 Å². The Morgan fingerprint density at radius 1 is 1.33 bits per heavy atom. The van der Waals surface area contributed by atoms with Gasteiger partial charge in [-0.1, -0.05) is 37.0 Å². The molecule has 130 valence electrons. The summed E-state index contributed by atoms with van der Waals surface area (Å²) in [5, 5.41) is 12.1. The Morgan fingerprint density at radius 3 is 2.42 bits per heavy atom. The molecule has 2 atom stereocenters. The fourth-order valence-corrected chi connectivity index (χ4v) is 2.18. The molecule has 0 aliphatic heterocycles. The number of nitrogens with zero attached hydrogens (tertiary/aromatic N) is 1. The Kier molecular flexibility index (Phi) is 6.47. The molecule has 1 aromatic rings. The maximum Gasteiger partial charge on any atom is 0.341 e. The Labute approximate surface area is 150 Å². The summed E-state index contributed by atoms with van der Waals surface area (Å²) in [6.45, 7) is 6.59. The molecule has 1 amide bonds. The van der Waals surface area contributed by atoms with Crippen molar-refractivity contribution in [2.45, 2.75) is 39.3 Å². The van der Waals surface area contributed by atoms with Crippen LogP contribution in [0.5, 0.6) is 0 Å². The van der Waals surface area contributed by atoms with Crippen LogP contribution in [0.2, 0.25) is 10.0 Å². The number of nitrogen functional groups attached to an aromatic ring is 1. The van der Waals surface area contributed by atoms with E-state index < -0.39 is 23.5 Å². The number of hydrogen-bond acceptors (Lipinski definition) is 5. The molecule has 0 aliphatic rings. The predicted octanol–water partition coefficient (Wildman–Crippen LogP) is 3.18. The fraction of sp³-hybridized carbons (Fsp3) is 0.438. The minimum atomic E-state index is -1.12. The number of benzene rings is 1. The fourth-order valence-electron chi connectivity index (χ4n) is 1.69. The van der Waals surface area contributed by atoms with E-state index in [9.17, 15) is 14.9 Å². The van der Waals surface area contributed by atoms with Crippen LogP contribution in [0.3, 0.4) is 0 Å². The number of amides is 1. The van der Waals surface area contributed by atoms with Crippen LogP contribution in [-0.2, 0) is 9.53 Å². The molecule has 24 heavy (non-hydrogen) atoms. The second kappa shape index (κ2) is 7.73. The summed E-state index contributed by atoms with van der Waals surface area (Å²) in [5.41, 5.74) is 4.65. The Balaban J connectivity index is 2.88. The number of nitriles is 1. The first-order chi connectivity index (χ1) is 11.0. The summed E-state index contributed by atoms with van der Waals surface area (Å²) in [7, 11) is 0. The molecule has 0 heterocycles. The van der Waals surface area contributed by atoms with Crippen molar-refractivity contribution in [2.24, 2.45) is 5.92 Å². The third kappa shape index (κ3) is 4.53. The van der Waals surface area contributed by atoms with Crippen molar-refractivity contribution in [1.82, 2.24) is 5.32 Å². The van der Waals surface area contributed by atoms with Gasteiger partial charge in [0.25, 0.3) is 5.91 Å². The van der Waals surface area contributed by atoms with Crippen molar-refractivity contribution in [3.8, 4) is 6.07 Å². The van der Waals surface area contributed by atoms with Gasteiger partial charge in [0.05, 0.1) is 22.3 Å². The zero-order valence-corrected chi connectivity index (χ0v) is 15.3. The first kappa shape index (κ1) is 20.1. The standard InChI is InChI=1S/C16H19Cl2N3O3/c1-8(2)16(4,7-19)21-14(22)9(3)24-15(23)11-5-10(17)6-12(18)13(11)20/h5-6,8-9H,20H2,1-4H3,(H,21,22). The Bertz CT molecular complexity index is 701. The highest BCUT2D eigenvalue weighted by Crippen LogP contribution is 2.28. The number of carbonyl (C=O) groups is 2. The first-order valence-electron chi connectivity index (χ1n) is 7.20. The van der Waals surface area contributed by atoms with Crippen LogP contribution < -0.4 is 11.1 Å². The second-order valence-corrected chi connectivity index (χ2v) is 6.70. The zero-order valence-electron chi connectivity index (χ0n) is 13.8. The molecule has 8 heteroatoms. The van der Waals surface area contributed by atoms with Gasteiger partial charge in [-0.05, 0) is 31.9 Å². The number of rotatable bonds is 5. The first-order valence-corrected chi connectivity index (χ1v) is 7.96. The van der Waals surface area contributed by atoms with Crippen LogP contribution in [0.4, 0.5) is 5.69 Å². The lowest BCUT2D eigenvalue weighted by molar-refractivity contribution is -0.130. The molecule has 2 unspecified atom stereocenters. The van der Waals surface area contributed by atoms with Crippen molar-refractivity contribution in [3.63, 3.8) is 0 Å². The molecular weight excluding hydrogens is 353 g/mol. The monoisotopic (exact) mass is 371 g/mol. The number of carbonyl (C=O) groups excluding carboxylic acids is 2. The quantitative estimate of drug-likeness (QED) is 0.610. The number of esters is 1. The third-order valence-electron chi connectivity index (χ3n) is 3.74. The number of nitrogens with two attached hydrogens (primary N) is 1. The van der Waals surface area contributed by atoms with Gasteiger partial charge in [0.2, 0.25) is 0 Å². The highest BCUT2D eigenvalue weighted by Gasteiger charge is 2.33. The summed E-state index contributed by atoms with van der Waals surface area (Å²) < 4.78 is 5.10. The number of ether oxygens (including phenoxy) is 1. The molecule has 0 fully saturated rings. The number of anilines is 1. The molecular formula is C16H19Cl2N3O3. The summed E-state index contributed by atoms with van der Waals surface area (Å²) in [6, 6.07) is 4.75. The molecule has 0 aromatic heterocycles. The number of nitrogens with one attached hydrogen (secondary N) is 1. The van der Waals surface area contributed by atoms with Gasteiger partial charge in [-0.2, -0.15) is 5.26 Å². The number of halogens is 2. The Morgan fingerprint density at radius 2 is 1.92 bits per heavy atom. The van der Waals surface area contributed by atoms with Crippen LogP contribution in [0.25, 0.3) is 0 Å². The lowest BCUT2D eigenvalue weighted by Gasteiger charge is -2.28. The van der Waals surface area contributed by atoms with Gasteiger partial charge in [0.1, 0.15) is 5.54 Å². The highest BCUT2D eigenvalue weighted by molar-refractivity contribution is 6.37. The van der Waals surface area contributed by atoms with E-state index in [1.54, 1.807) is 20.8 Å². The molecule has 1 rings (SSSR count). The molecule has 1 aromatic carbocycles. The molecule has 0 spiro atoms. The van der Waals surface area contributed by atoms with Crippen molar-refractivity contribution in [2.75, 3.05) is 5.73 Å². The van der Waals surface area contributed by atoms with E-state index in [0.29, 0.717) is 0 Å². The summed E-state index contributed by atoms with van der Waals surface area (Å²) in [6.07, 6.45) is -1.12. The van der Waals surface area contributed by atoms with Gasteiger partial charge in [-0.15, -0.1) is 0 Å². The third-order valence-corrected chi connectivity index (χ3v) is 4.27. The SMILES string of the molecule is CC(OC(=O)c1cc(Cl)cc(Cl)c1N)C(=O)NC(C)(C#N)C(C)C. The smallest absolute Gasteiger partial charge is 0.341 e. The van der Waals surface area contributed by atoms with E-state index in [-0.39, 0.29) is 27.2 Å². The van der Waals surface area contributed by atoms with Crippen molar-refractivity contribution in [3.05, 3.63) is 27.7 Å². The molecule has 0 radical (unpaired) electrons.